The second kappa shape index (κ2) is 6.87. The normalized spacial score (nSPS) is 14.5. The van der Waals surface area contributed by atoms with Crippen molar-refractivity contribution in [2.24, 2.45) is 0 Å². The van der Waals surface area contributed by atoms with Crippen molar-refractivity contribution < 1.29 is 19.4 Å². The Bertz CT molecular complexity index is 535. The number of hydrogen-bond donors (Lipinski definition) is 1. The zero-order valence-corrected chi connectivity index (χ0v) is 10.5. The summed E-state index contributed by atoms with van der Waals surface area (Å²) in [4.78, 5) is 10.5. The third kappa shape index (κ3) is 4.05. The molecular formula is C15H16O4. The number of carbonyl (C=O) groups excluding carboxylic acids is 1. The number of fused-ring (bicyclic) bond motifs is 1. The third-order valence-electron chi connectivity index (χ3n) is 2.73. The van der Waals surface area contributed by atoms with E-state index in [1.165, 1.54) is 0 Å². The second-order valence-electron chi connectivity index (χ2n) is 4.13. The van der Waals surface area contributed by atoms with Crippen LogP contribution in [0.15, 0.2) is 36.4 Å². The Morgan fingerprint density at radius 3 is 2.05 bits per heavy atom. The number of carbonyl (C=O) groups is 1. The van der Waals surface area contributed by atoms with Gasteiger partial charge in [0.2, 0.25) is 0 Å². The molecule has 0 aromatic heterocycles. The Kier molecular flexibility index (Phi) is 4.89. The van der Waals surface area contributed by atoms with Crippen molar-refractivity contribution in [1.82, 2.24) is 0 Å². The van der Waals surface area contributed by atoms with Gasteiger partial charge in [-0.25, -0.2) is 0 Å². The maximum absolute atomic E-state index is 10.5. The molecule has 1 fully saturated rings. The minimum Gasteiger partial charge on any atom is -0.508 e. The maximum Gasteiger partial charge on any atom is 0.150 e. The van der Waals surface area contributed by atoms with E-state index in [4.69, 9.17) is 9.47 Å². The van der Waals surface area contributed by atoms with Crippen LogP contribution in [0.4, 0.5) is 0 Å². The molecule has 100 valence electrons. The summed E-state index contributed by atoms with van der Waals surface area (Å²) in [5.74, 6) is 0.242. The average Bonchev–Trinajstić information content (AvgIpc) is 2.49. The fourth-order valence-electron chi connectivity index (χ4n) is 1.76. The lowest BCUT2D eigenvalue weighted by atomic mass is 10.1. The van der Waals surface area contributed by atoms with E-state index in [1.807, 2.05) is 6.07 Å². The molecule has 2 aromatic rings. The lowest BCUT2D eigenvalue weighted by molar-refractivity contribution is -0.0334. The number of aldehydes is 1. The molecule has 2 aromatic carbocycles. The molecule has 0 spiro atoms. The molecule has 4 nitrogen and oxygen atoms in total. The van der Waals surface area contributed by atoms with E-state index < -0.39 is 0 Å². The highest BCUT2D eigenvalue weighted by atomic mass is 16.6. The van der Waals surface area contributed by atoms with Gasteiger partial charge in [0.25, 0.3) is 0 Å². The summed E-state index contributed by atoms with van der Waals surface area (Å²) in [5, 5.41) is 11.1. The van der Waals surface area contributed by atoms with Crippen molar-refractivity contribution in [3.05, 3.63) is 42.0 Å². The summed E-state index contributed by atoms with van der Waals surface area (Å²) in [6.45, 7) is 3.11. The van der Waals surface area contributed by atoms with Gasteiger partial charge in [-0.15, -0.1) is 0 Å². The van der Waals surface area contributed by atoms with Gasteiger partial charge < -0.3 is 14.6 Å². The highest BCUT2D eigenvalue weighted by molar-refractivity contribution is 5.89. The fourth-order valence-corrected chi connectivity index (χ4v) is 1.76. The van der Waals surface area contributed by atoms with E-state index >= 15 is 0 Å². The summed E-state index contributed by atoms with van der Waals surface area (Å²) in [6, 6.07) is 10.4. The van der Waals surface area contributed by atoms with E-state index in [1.54, 1.807) is 30.3 Å². The molecule has 1 heterocycles. The molecule has 0 amide bonds. The van der Waals surface area contributed by atoms with E-state index in [0.29, 0.717) is 5.56 Å². The average molecular weight is 260 g/mol. The number of ether oxygens (including phenoxy) is 2. The summed E-state index contributed by atoms with van der Waals surface area (Å²) in [5.41, 5.74) is 0.651. The van der Waals surface area contributed by atoms with E-state index in [2.05, 4.69) is 0 Å². The van der Waals surface area contributed by atoms with E-state index in [0.717, 1.165) is 43.5 Å². The minimum atomic E-state index is 0.242. The van der Waals surface area contributed by atoms with Gasteiger partial charge in [-0.05, 0) is 29.0 Å². The van der Waals surface area contributed by atoms with Crippen LogP contribution in [0.1, 0.15) is 10.4 Å². The topological polar surface area (TPSA) is 55.8 Å². The van der Waals surface area contributed by atoms with Crippen LogP contribution in [0.2, 0.25) is 0 Å². The van der Waals surface area contributed by atoms with Gasteiger partial charge in [0.1, 0.15) is 12.0 Å². The first-order valence-corrected chi connectivity index (χ1v) is 6.13. The Morgan fingerprint density at radius 1 is 0.895 bits per heavy atom. The molecule has 0 aliphatic carbocycles. The number of hydrogen-bond acceptors (Lipinski definition) is 4. The molecule has 0 atom stereocenters. The zero-order valence-electron chi connectivity index (χ0n) is 10.5. The number of aromatic hydroxyl groups is 1. The molecule has 0 bridgehead atoms. The highest BCUT2D eigenvalue weighted by Crippen LogP contribution is 2.20. The third-order valence-corrected chi connectivity index (χ3v) is 2.73. The van der Waals surface area contributed by atoms with Crippen molar-refractivity contribution in [3.8, 4) is 5.75 Å². The van der Waals surface area contributed by atoms with Gasteiger partial charge in [0.05, 0.1) is 26.4 Å². The standard InChI is InChI=1S/C11H8O2.C4H8O2/c12-7-8-1-2-10-6-11(13)4-3-9(10)5-8;1-2-6-4-3-5-1/h1-7,13H;1-4H2. The molecule has 19 heavy (non-hydrogen) atoms. The van der Waals surface area contributed by atoms with Crippen LogP contribution in [0.3, 0.4) is 0 Å². The lowest BCUT2D eigenvalue weighted by Crippen LogP contribution is -2.16. The summed E-state index contributed by atoms with van der Waals surface area (Å²) in [6.07, 6.45) is 0.812. The largest absolute Gasteiger partial charge is 0.508 e. The van der Waals surface area contributed by atoms with Crippen LogP contribution in [-0.4, -0.2) is 37.8 Å². The van der Waals surface area contributed by atoms with Crippen LogP contribution in [-0.2, 0) is 9.47 Å². The Hall–Kier alpha value is -1.91. The first-order chi connectivity index (χ1) is 9.29. The van der Waals surface area contributed by atoms with Crippen molar-refractivity contribution in [1.29, 1.82) is 0 Å². The lowest BCUT2D eigenvalue weighted by Gasteiger charge is -2.09. The smallest absolute Gasteiger partial charge is 0.150 e. The van der Waals surface area contributed by atoms with E-state index in [9.17, 15) is 9.90 Å². The summed E-state index contributed by atoms with van der Waals surface area (Å²) in [7, 11) is 0. The molecule has 0 saturated carbocycles. The molecule has 1 aliphatic rings. The molecule has 1 saturated heterocycles. The van der Waals surface area contributed by atoms with Crippen molar-refractivity contribution in [2.45, 2.75) is 0 Å². The monoisotopic (exact) mass is 260 g/mol. The summed E-state index contributed by atoms with van der Waals surface area (Å²) >= 11 is 0. The molecule has 0 unspecified atom stereocenters. The molecule has 1 N–H and O–H groups in total. The second-order valence-corrected chi connectivity index (χ2v) is 4.13. The van der Waals surface area contributed by atoms with Gasteiger partial charge in [0, 0.05) is 5.56 Å². The first-order valence-electron chi connectivity index (χ1n) is 6.13. The Morgan fingerprint density at radius 2 is 1.47 bits per heavy atom. The minimum absolute atomic E-state index is 0.242. The van der Waals surface area contributed by atoms with Crippen molar-refractivity contribution in [2.75, 3.05) is 26.4 Å². The molecule has 3 rings (SSSR count). The Labute approximate surface area is 111 Å². The number of phenolic OH excluding ortho intramolecular Hbond substituents is 1. The van der Waals surface area contributed by atoms with Crippen LogP contribution >= 0.6 is 0 Å². The van der Waals surface area contributed by atoms with Crippen molar-refractivity contribution >= 4 is 17.1 Å². The van der Waals surface area contributed by atoms with Crippen LogP contribution < -0.4 is 0 Å². The highest BCUT2D eigenvalue weighted by Gasteiger charge is 1.96. The maximum atomic E-state index is 10.5. The summed E-state index contributed by atoms with van der Waals surface area (Å²) < 4.78 is 9.89. The quantitative estimate of drug-likeness (QED) is 0.800. The first kappa shape index (κ1) is 13.5. The van der Waals surface area contributed by atoms with Gasteiger partial charge in [-0.1, -0.05) is 18.2 Å². The fraction of sp³-hybridized carbons (Fsp3) is 0.267. The van der Waals surface area contributed by atoms with Crippen LogP contribution in [0.5, 0.6) is 5.75 Å². The number of benzene rings is 2. The van der Waals surface area contributed by atoms with Crippen LogP contribution in [0, 0.1) is 0 Å². The van der Waals surface area contributed by atoms with Gasteiger partial charge in [-0.3, -0.25) is 4.79 Å². The Balaban J connectivity index is 0.000000186. The molecule has 4 heteroatoms. The van der Waals surface area contributed by atoms with E-state index in [-0.39, 0.29) is 5.75 Å². The molecule has 1 aliphatic heterocycles. The van der Waals surface area contributed by atoms with Gasteiger partial charge in [0.15, 0.2) is 0 Å². The number of phenols is 1. The van der Waals surface area contributed by atoms with Crippen molar-refractivity contribution in [3.63, 3.8) is 0 Å². The SMILES string of the molecule is C1COCCO1.O=Cc1ccc2cc(O)ccc2c1. The predicted octanol–water partition coefficient (Wildman–Crippen LogP) is 2.39. The predicted molar refractivity (Wildman–Crippen MR) is 72.6 cm³/mol. The molecule has 0 radical (unpaired) electrons. The van der Waals surface area contributed by atoms with Crippen LogP contribution in [0.25, 0.3) is 10.8 Å². The zero-order chi connectivity index (χ0) is 13.5. The molecular weight excluding hydrogens is 244 g/mol. The van der Waals surface area contributed by atoms with Gasteiger partial charge in [-0.2, -0.15) is 0 Å². The van der Waals surface area contributed by atoms with Gasteiger partial charge >= 0.3 is 0 Å². The number of rotatable bonds is 1.